The summed E-state index contributed by atoms with van der Waals surface area (Å²) < 4.78 is 62.8. The molecule has 1 aromatic carbocycles. The number of carbonyl (C=O) groups excluding carboxylic acids is 1. The van der Waals surface area contributed by atoms with Crippen molar-refractivity contribution in [2.24, 2.45) is 0 Å². The van der Waals surface area contributed by atoms with Crippen molar-refractivity contribution in [2.45, 2.75) is 51.2 Å². The van der Waals surface area contributed by atoms with Crippen LogP contribution in [0.4, 0.5) is 13.2 Å². The number of rotatable bonds is 9. The van der Waals surface area contributed by atoms with Crippen molar-refractivity contribution < 1.29 is 26.4 Å². The topological polar surface area (TPSA) is 51.2 Å². The number of benzene rings is 1. The normalized spacial score (nSPS) is 11.9. The van der Waals surface area contributed by atoms with E-state index in [2.05, 4.69) is 0 Å². The van der Waals surface area contributed by atoms with E-state index in [1.807, 2.05) is 0 Å². The van der Waals surface area contributed by atoms with Crippen molar-refractivity contribution >= 4 is 15.6 Å². The summed E-state index contributed by atoms with van der Waals surface area (Å²) in [5, 5.41) is -0.423. The van der Waals surface area contributed by atoms with E-state index in [-0.39, 0.29) is 18.0 Å². The minimum atomic E-state index is -3.08. The van der Waals surface area contributed by atoms with Crippen molar-refractivity contribution in [1.82, 2.24) is 0 Å². The van der Waals surface area contributed by atoms with E-state index in [4.69, 9.17) is 0 Å². The van der Waals surface area contributed by atoms with E-state index in [1.165, 1.54) is 0 Å². The quantitative estimate of drug-likeness (QED) is 0.640. The lowest BCUT2D eigenvalue weighted by molar-refractivity contribution is -0.118. The number of sulfone groups is 1. The number of unbranched alkanes of at least 4 members (excludes halogenated alkanes) is 2. The van der Waals surface area contributed by atoms with Gasteiger partial charge in [-0.3, -0.25) is 4.79 Å². The van der Waals surface area contributed by atoms with Crippen molar-refractivity contribution in [3.63, 3.8) is 0 Å². The highest BCUT2D eigenvalue weighted by molar-refractivity contribution is 7.91. The van der Waals surface area contributed by atoms with E-state index >= 15 is 0 Å². The van der Waals surface area contributed by atoms with Gasteiger partial charge in [0, 0.05) is 30.5 Å². The lowest BCUT2D eigenvalue weighted by Crippen LogP contribution is -2.17. The molecule has 23 heavy (non-hydrogen) atoms. The number of Topliss-reactive ketones (excluding diaryl/α,β-unsaturated/α-hetero) is 1. The van der Waals surface area contributed by atoms with Gasteiger partial charge in [-0.2, -0.15) is 0 Å². The van der Waals surface area contributed by atoms with Crippen LogP contribution < -0.4 is 0 Å². The Morgan fingerprint density at radius 1 is 1.04 bits per heavy atom. The predicted octanol–water partition coefficient (Wildman–Crippen LogP) is 3.60. The van der Waals surface area contributed by atoms with Gasteiger partial charge in [0.25, 0.3) is 0 Å². The highest BCUT2D eigenvalue weighted by Crippen LogP contribution is 2.17. The average molecular weight is 350 g/mol. The molecular formula is C16H21F3O3S. The summed E-state index contributed by atoms with van der Waals surface area (Å²) >= 11 is 0. The first-order valence-corrected chi connectivity index (χ1v) is 9.21. The number of ketones is 1. The molecule has 0 unspecified atom stereocenters. The Labute approximate surface area is 134 Å². The Hall–Kier alpha value is -1.37. The van der Waals surface area contributed by atoms with Gasteiger partial charge in [-0.1, -0.05) is 6.42 Å². The molecule has 0 fully saturated rings. The maximum Gasteiger partial charge on any atom is 0.152 e. The molecule has 0 heterocycles. The first kappa shape index (κ1) is 19.7. The fourth-order valence-electron chi connectivity index (χ4n) is 2.06. The Morgan fingerprint density at radius 2 is 1.61 bits per heavy atom. The van der Waals surface area contributed by atoms with Gasteiger partial charge in [-0.25, -0.2) is 21.6 Å². The van der Waals surface area contributed by atoms with Crippen LogP contribution >= 0.6 is 0 Å². The summed E-state index contributed by atoms with van der Waals surface area (Å²) in [5.74, 6) is -3.46. The van der Waals surface area contributed by atoms with E-state index in [1.54, 1.807) is 13.8 Å². The minimum absolute atomic E-state index is 0.0695. The molecule has 0 aliphatic carbocycles. The van der Waals surface area contributed by atoms with Crippen LogP contribution in [0.2, 0.25) is 0 Å². The van der Waals surface area contributed by atoms with Gasteiger partial charge in [0.05, 0.1) is 11.0 Å². The standard InChI is InChI=1S/C16H21F3O3S/c1-11(2)23(21,22)7-5-3-4-6-13(20)10-14-15(18)8-12(17)9-16(14)19/h8-9,11H,3-7,10H2,1-2H3. The van der Waals surface area contributed by atoms with Crippen LogP contribution in [0.3, 0.4) is 0 Å². The van der Waals surface area contributed by atoms with Crippen molar-refractivity contribution in [1.29, 1.82) is 0 Å². The molecule has 0 N–H and O–H groups in total. The molecule has 0 radical (unpaired) electrons. The molecular weight excluding hydrogens is 329 g/mol. The van der Waals surface area contributed by atoms with Crippen LogP contribution in [0.1, 0.15) is 45.1 Å². The Balaban J connectivity index is 2.39. The maximum atomic E-state index is 13.4. The van der Waals surface area contributed by atoms with Gasteiger partial charge in [-0.05, 0) is 26.7 Å². The smallest absolute Gasteiger partial charge is 0.152 e. The predicted molar refractivity (Wildman–Crippen MR) is 82.4 cm³/mol. The Morgan fingerprint density at radius 3 is 2.13 bits per heavy atom. The molecule has 7 heteroatoms. The molecule has 0 saturated heterocycles. The summed E-state index contributed by atoms with van der Waals surface area (Å²) in [5.41, 5.74) is -0.432. The molecule has 0 amide bonds. The van der Waals surface area contributed by atoms with E-state index in [0.29, 0.717) is 31.4 Å². The van der Waals surface area contributed by atoms with Gasteiger partial charge in [0.15, 0.2) is 9.84 Å². The highest BCUT2D eigenvalue weighted by atomic mass is 32.2. The van der Waals surface area contributed by atoms with Crippen molar-refractivity contribution in [2.75, 3.05) is 5.75 Å². The van der Waals surface area contributed by atoms with Crippen LogP contribution in [0.25, 0.3) is 0 Å². The van der Waals surface area contributed by atoms with Crippen LogP contribution in [0.5, 0.6) is 0 Å². The summed E-state index contributed by atoms with van der Waals surface area (Å²) in [6.07, 6.45) is 1.14. The first-order chi connectivity index (χ1) is 10.6. The molecule has 0 spiro atoms. The second-order valence-corrected chi connectivity index (χ2v) is 8.47. The SMILES string of the molecule is CC(C)S(=O)(=O)CCCCCC(=O)Cc1c(F)cc(F)cc1F. The fraction of sp³-hybridized carbons (Fsp3) is 0.562. The number of hydrogen-bond donors (Lipinski definition) is 0. The minimum Gasteiger partial charge on any atom is -0.299 e. The van der Waals surface area contributed by atoms with E-state index in [0.717, 1.165) is 0 Å². The van der Waals surface area contributed by atoms with Gasteiger partial charge < -0.3 is 0 Å². The molecule has 0 aliphatic rings. The molecule has 1 rings (SSSR count). The fourth-order valence-corrected chi connectivity index (χ4v) is 3.14. The maximum absolute atomic E-state index is 13.4. The number of hydrogen-bond acceptors (Lipinski definition) is 3. The van der Waals surface area contributed by atoms with Crippen LogP contribution in [0, 0.1) is 17.5 Å². The number of carbonyl (C=O) groups is 1. The van der Waals surface area contributed by atoms with Crippen LogP contribution in [-0.2, 0) is 21.1 Å². The molecule has 130 valence electrons. The van der Waals surface area contributed by atoms with Crippen molar-refractivity contribution in [3.05, 3.63) is 35.1 Å². The largest absolute Gasteiger partial charge is 0.299 e. The zero-order valence-electron chi connectivity index (χ0n) is 13.2. The monoisotopic (exact) mass is 350 g/mol. The Kier molecular flexibility index (Phi) is 7.25. The third kappa shape index (κ3) is 6.33. The van der Waals surface area contributed by atoms with Gasteiger partial charge in [-0.15, -0.1) is 0 Å². The van der Waals surface area contributed by atoms with Gasteiger partial charge in [0.2, 0.25) is 0 Å². The molecule has 0 saturated carbocycles. The second-order valence-electron chi connectivity index (χ2n) is 5.79. The lowest BCUT2D eigenvalue weighted by Gasteiger charge is -2.07. The molecule has 1 aromatic rings. The third-order valence-electron chi connectivity index (χ3n) is 3.58. The lowest BCUT2D eigenvalue weighted by atomic mass is 10.0. The highest BCUT2D eigenvalue weighted by Gasteiger charge is 2.16. The van der Waals surface area contributed by atoms with Crippen LogP contribution in [-0.4, -0.2) is 25.2 Å². The molecule has 0 aliphatic heterocycles. The van der Waals surface area contributed by atoms with E-state index < -0.39 is 44.5 Å². The second kappa shape index (κ2) is 8.47. The molecule has 0 atom stereocenters. The summed E-state index contributed by atoms with van der Waals surface area (Å²) in [4.78, 5) is 11.7. The summed E-state index contributed by atoms with van der Waals surface area (Å²) in [7, 11) is -3.08. The van der Waals surface area contributed by atoms with Crippen molar-refractivity contribution in [3.8, 4) is 0 Å². The van der Waals surface area contributed by atoms with E-state index in [9.17, 15) is 26.4 Å². The van der Waals surface area contributed by atoms with Crippen LogP contribution in [0.15, 0.2) is 12.1 Å². The summed E-state index contributed by atoms with van der Waals surface area (Å²) in [6, 6.07) is 1.09. The molecule has 0 bridgehead atoms. The third-order valence-corrected chi connectivity index (χ3v) is 5.88. The van der Waals surface area contributed by atoms with Gasteiger partial charge in [0.1, 0.15) is 23.2 Å². The average Bonchev–Trinajstić information content (AvgIpc) is 2.42. The zero-order chi connectivity index (χ0) is 17.6. The number of halogens is 3. The first-order valence-electron chi connectivity index (χ1n) is 7.50. The molecule has 3 nitrogen and oxygen atoms in total. The zero-order valence-corrected chi connectivity index (χ0v) is 14.1. The molecule has 0 aromatic heterocycles. The Bertz CT molecular complexity index is 632. The van der Waals surface area contributed by atoms with Gasteiger partial charge >= 0.3 is 0 Å². The summed E-state index contributed by atoms with van der Waals surface area (Å²) in [6.45, 7) is 3.23.